The van der Waals surface area contributed by atoms with Gasteiger partial charge in [-0.05, 0) is 39.5 Å². The Morgan fingerprint density at radius 2 is 0.773 bits per heavy atom. The maximum absolute atomic E-state index is 2.40. The summed E-state index contributed by atoms with van der Waals surface area (Å²) in [5.41, 5.74) is 0. The highest BCUT2D eigenvalue weighted by Crippen LogP contribution is 2.15. The van der Waals surface area contributed by atoms with Crippen LogP contribution in [0.25, 0.3) is 0 Å². The molecule has 0 aromatic rings. The Balaban J connectivity index is 0. The van der Waals surface area contributed by atoms with Gasteiger partial charge in [-0.25, -0.2) is 0 Å². The van der Waals surface area contributed by atoms with Crippen LogP contribution in [0.3, 0.4) is 0 Å². The monoisotopic (exact) mass is 425 g/mol. The summed E-state index contributed by atoms with van der Waals surface area (Å²) in [5.74, 6) is 0. The maximum atomic E-state index is 2.40. The van der Waals surface area contributed by atoms with E-state index >= 15 is 0 Å². The van der Waals surface area contributed by atoms with Gasteiger partial charge in [0.05, 0.1) is 26.2 Å². The fourth-order valence-electron chi connectivity index (χ4n) is 3.42. The summed E-state index contributed by atoms with van der Waals surface area (Å²) >= 11 is 0. The molecule has 0 amide bonds. The number of unbranched alkanes of at least 4 members (excludes halogenated alkanes) is 10. The molecule has 0 unspecified atom stereocenters. The SMILES string of the molecule is CCCCCCCC[N+](CC)(CC)CCCCCCCC.[I-]. The molecule has 0 bridgehead atoms. The lowest BCUT2D eigenvalue weighted by Gasteiger charge is -2.37. The molecule has 0 aromatic heterocycles. The number of quaternary nitrogens is 1. The van der Waals surface area contributed by atoms with E-state index in [2.05, 4.69) is 27.7 Å². The summed E-state index contributed by atoms with van der Waals surface area (Å²) in [5, 5.41) is 0. The first-order valence-corrected chi connectivity index (χ1v) is 10.1. The van der Waals surface area contributed by atoms with Crippen molar-refractivity contribution in [3.8, 4) is 0 Å². The number of rotatable bonds is 16. The molecule has 0 saturated heterocycles. The second-order valence-corrected chi connectivity index (χ2v) is 6.96. The average Bonchev–Trinajstić information content (AvgIpc) is 2.52. The molecule has 0 aliphatic heterocycles. The molecule has 0 N–H and O–H groups in total. The van der Waals surface area contributed by atoms with Crippen LogP contribution in [0.1, 0.15) is 105 Å². The predicted molar refractivity (Wildman–Crippen MR) is 97.8 cm³/mol. The zero-order valence-corrected chi connectivity index (χ0v) is 18.3. The Morgan fingerprint density at radius 1 is 0.455 bits per heavy atom. The minimum atomic E-state index is 0. The second kappa shape index (κ2) is 18.0. The van der Waals surface area contributed by atoms with Gasteiger partial charge in [-0.1, -0.05) is 65.2 Å². The van der Waals surface area contributed by atoms with E-state index in [4.69, 9.17) is 0 Å². The van der Waals surface area contributed by atoms with E-state index in [1.807, 2.05) is 0 Å². The van der Waals surface area contributed by atoms with Crippen LogP contribution < -0.4 is 24.0 Å². The lowest BCUT2D eigenvalue weighted by molar-refractivity contribution is -0.925. The first-order valence-electron chi connectivity index (χ1n) is 10.1. The molecule has 0 fully saturated rings. The van der Waals surface area contributed by atoms with Crippen molar-refractivity contribution in [2.24, 2.45) is 0 Å². The molecular weight excluding hydrogens is 381 g/mol. The molecular formula is C20H44IN. The Morgan fingerprint density at radius 3 is 1.09 bits per heavy atom. The Kier molecular flexibility index (Phi) is 20.4. The number of hydrogen-bond donors (Lipinski definition) is 0. The highest BCUT2D eigenvalue weighted by Gasteiger charge is 2.21. The van der Waals surface area contributed by atoms with Crippen LogP contribution in [0.5, 0.6) is 0 Å². The molecule has 0 heterocycles. The van der Waals surface area contributed by atoms with Gasteiger partial charge in [0, 0.05) is 0 Å². The van der Waals surface area contributed by atoms with E-state index in [1.54, 1.807) is 0 Å². The zero-order chi connectivity index (χ0) is 15.8. The molecule has 22 heavy (non-hydrogen) atoms. The molecule has 2 heteroatoms. The largest absolute Gasteiger partial charge is 1.00 e. The first kappa shape index (κ1) is 24.9. The van der Waals surface area contributed by atoms with E-state index < -0.39 is 0 Å². The van der Waals surface area contributed by atoms with Gasteiger partial charge < -0.3 is 28.5 Å². The van der Waals surface area contributed by atoms with Crippen LogP contribution in [0.2, 0.25) is 0 Å². The number of halogens is 1. The zero-order valence-electron chi connectivity index (χ0n) is 16.1. The third kappa shape index (κ3) is 13.2. The Labute approximate surface area is 159 Å². The molecule has 0 aliphatic carbocycles. The molecule has 136 valence electrons. The number of nitrogens with zero attached hydrogens (tertiary/aromatic N) is 1. The summed E-state index contributed by atoms with van der Waals surface area (Å²) in [6.07, 6.45) is 17.2. The highest BCUT2D eigenvalue weighted by atomic mass is 127. The van der Waals surface area contributed by atoms with Crippen molar-refractivity contribution in [1.82, 2.24) is 0 Å². The molecule has 0 spiro atoms. The maximum Gasteiger partial charge on any atom is 0.0786 e. The van der Waals surface area contributed by atoms with Crippen molar-refractivity contribution in [2.75, 3.05) is 26.2 Å². The van der Waals surface area contributed by atoms with E-state index in [1.165, 1.54) is 108 Å². The molecule has 0 saturated carbocycles. The van der Waals surface area contributed by atoms with Crippen LogP contribution in [-0.4, -0.2) is 30.7 Å². The van der Waals surface area contributed by atoms with Gasteiger partial charge in [0.15, 0.2) is 0 Å². The normalized spacial score (nSPS) is 11.5. The molecule has 1 nitrogen and oxygen atoms in total. The standard InChI is InChI=1S/C20H44N.HI/c1-5-9-11-13-15-17-19-21(7-3,8-4)20-18-16-14-12-10-6-2;/h5-20H2,1-4H3;1H/q+1;/p-1. The highest BCUT2D eigenvalue weighted by molar-refractivity contribution is 4.49. The van der Waals surface area contributed by atoms with Crippen molar-refractivity contribution in [1.29, 1.82) is 0 Å². The smallest absolute Gasteiger partial charge is 0.0786 e. The Bertz CT molecular complexity index is 184. The summed E-state index contributed by atoms with van der Waals surface area (Å²) in [7, 11) is 0. The molecule has 0 aromatic carbocycles. The summed E-state index contributed by atoms with van der Waals surface area (Å²) in [4.78, 5) is 0. The van der Waals surface area contributed by atoms with E-state index in [0.29, 0.717) is 0 Å². The third-order valence-electron chi connectivity index (χ3n) is 5.31. The van der Waals surface area contributed by atoms with Crippen molar-refractivity contribution < 1.29 is 28.5 Å². The molecule has 0 radical (unpaired) electrons. The lowest BCUT2D eigenvalue weighted by atomic mass is 10.1. The fraction of sp³-hybridized carbons (Fsp3) is 1.00. The lowest BCUT2D eigenvalue weighted by Crippen LogP contribution is -3.00. The molecule has 0 atom stereocenters. The van der Waals surface area contributed by atoms with E-state index in [9.17, 15) is 0 Å². The molecule has 0 aliphatic rings. The van der Waals surface area contributed by atoms with Gasteiger partial charge in [0.25, 0.3) is 0 Å². The van der Waals surface area contributed by atoms with Crippen molar-refractivity contribution >= 4 is 0 Å². The van der Waals surface area contributed by atoms with E-state index in [-0.39, 0.29) is 24.0 Å². The average molecular weight is 425 g/mol. The van der Waals surface area contributed by atoms with E-state index in [0.717, 1.165) is 0 Å². The van der Waals surface area contributed by atoms with Gasteiger partial charge >= 0.3 is 0 Å². The van der Waals surface area contributed by atoms with Crippen LogP contribution in [-0.2, 0) is 0 Å². The fourth-order valence-corrected chi connectivity index (χ4v) is 3.42. The van der Waals surface area contributed by atoms with Gasteiger partial charge in [-0.2, -0.15) is 0 Å². The van der Waals surface area contributed by atoms with Crippen molar-refractivity contribution in [2.45, 2.75) is 105 Å². The topological polar surface area (TPSA) is 0 Å². The summed E-state index contributed by atoms with van der Waals surface area (Å²) in [6, 6.07) is 0. The minimum absolute atomic E-state index is 0. The minimum Gasteiger partial charge on any atom is -1.00 e. The quantitative estimate of drug-likeness (QED) is 0.202. The van der Waals surface area contributed by atoms with Crippen molar-refractivity contribution in [3.05, 3.63) is 0 Å². The summed E-state index contributed by atoms with van der Waals surface area (Å²) in [6.45, 7) is 14.9. The molecule has 0 rings (SSSR count). The first-order chi connectivity index (χ1) is 10.2. The second-order valence-electron chi connectivity index (χ2n) is 6.96. The van der Waals surface area contributed by atoms with Crippen LogP contribution >= 0.6 is 0 Å². The third-order valence-corrected chi connectivity index (χ3v) is 5.31. The van der Waals surface area contributed by atoms with Crippen molar-refractivity contribution in [3.63, 3.8) is 0 Å². The van der Waals surface area contributed by atoms with Gasteiger partial charge in [-0.15, -0.1) is 0 Å². The summed E-state index contributed by atoms with van der Waals surface area (Å²) < 4.78 is 1.38. The number of hydrogen-bond acceptors (Lipinski definition) is 0. The van der Waals surface area contributed by atoms with Crippen LogP contribution in [0.4, 0.5) is 0 Å². The van der Waals surface area contributed by atoms with Gasteiger partial charge in [-0.3, -0.25) is 0 Å². The van der Waals surface area contributed by atoms with Crippen LogP contribution in [0.15, 0.2) is 0 Å². The predicted octanol–water partition coefficient (Wildman–Crippen LogP) is 3.57. The van der Waals surface area contributed by atoms with Gasteiger partial charge in [0.2, 0.25) is 0 Å². The van der Waals surface area contributed by atoms with Gasteiger partial charge in [0.1, 0.15) is 0 Å². The Hall–Kier alpha value is 0.690. The van der Waals surface area contributed by atoms with Crippen LogP contribution in [0, 0.1) is 0 Å².